The van der Waals surface area contributed by atoms with Gasteiger partial charge in [-0.3, -0.25) is 9.36 Å². The van der Waals surface area contributed by atoms with Crippen molar-refractivity contribution >= 4 is 22.7 Å². The third kappa shape index (κ3) is 2.52. The van der Waals surface area contributed by atoms with Gasteiger partial charge in [-0.2, -0.15) is 0 Å². The number of fused-ring (bicyclic) bond motifs is 2. The van der Waals surface area contributed by atoms with Crippen LogP contribution in [0.3, 0.4) is 0 Å². The number of hydrogen-bond donors (Lipinski definition) is 1. The van der Waals surface area contributed by atoms with Gasteiger partial charge in [0.1, 0.15) is 5.82 Å². The number of nitrogens with zero attached hydrogens (tertiary/aromatic N) is 3. The molecular weight excluding hydrogens is 320 g/mol. The number of aromatic nitrogens is 3. The maximum absolute atomic E-state index is 12.2. The summed E-state index contributed by atoms with van der Waals surface area (Å²) in [6, 6.07) is 5.45. The van der Waals surface area contributed by atoms with Crippen LogP contribution >= 0.6 is 0 Å². The molecule has 2 aromatic heterocycles. The normalized spacial score (nSPS) is 17.0. The second kappa shape index (κ2) is 5.54. The molecule has 3 aromatic rings. The summed E-state index contributed by atoms with van der Waals surface area (Å²) in [6.07, 6.45) is 2.02. The van der Waals surface area contributed by atoms with Crippen molar-refractivity contribution in [1.29, 1.82) is 0 Å². The lowest BCUT2D eigenvalue weighted by Gasteiger charge is -2.25. The Kier molecular flexibility index (Phi) is 3.45. The van der Waals surface area contributed by atoms with Gasteiger partial charge in [-0.05, 0) is 23.8 Å². The maximum Gasteiger partial charge on any atom is 0.419 e. The zero-order valence-corrected chi connectivity index (χ0v) is 14.2. The van der Waals surface area contributed by atoms with Gasteiger partial charge in [-0.15, -0.1) is 0 Å². The molecule has 128 valence electrons. The lowest BCUT2D eigenvalue weighted by molar-refractivity contribution is -0.116. The third-order valence-electron chi connectivity index (χ3n) is 4.57. The molecule has 0 bridgehead atoms. The van der Waals surface area contributed by atoms with Gasteiger partial charge in [-0.25, -0.2) is 14.8 Å². The van der Waals surface area contributed by atoms with E-state index in [1.54, 1.807) is 19.3 Å². The first-order chi connectivity index (χ1) is 11.9. The Morgan fingerprint density at radius 3 is 2.88 bits per heavy atom. The van der Waals surface area contributed by atoms with Crippen LogP contribution in [0.25, 0.3) is 11.1 Å². The molecule has 1 N–H and O–H groups in total. The molecule has 7 heteroatoms. The molecule has 0 saturated heterocycles. The first-order valence-corrected chi connectivity index (χ1v) is 8.20. The fourth-order valence-electron chi connectivity index (χ4n) is 3.21. The highest BCUT2D eigenvalue weighted by molar-refractivity contribution is 5.97. The van der Waals surface area contributed by atoms with Crippen molar-refractivity contribution in [3.63, 3.8) is 0 Å². The highest BCUT2D eigenvalue weighted by Crippen LogP contribution is 2.38. The van der Waals surface area contributed by atoms with Crippen LogP contribution in [0.2, 0.25) is 0 Å². The Balaban J connectivity index is 1.90. The van der Waals surface area contributed by atoms with Gasteiger partial charge in [0.05, 0.1) is 11.2 Å². The van der Waals surface area contributed by atoms with Crippen LogP contribution < -0.4 is 11.1 Å². The third-order valence-corrected chi connectivity index (χ3v) is 4.57. The maximum atomic E-state index is 12.2. The van der Waals surface area contributed by atoms with Crippen molar-refractivity contribution in [2.45, 2.75) is 32.1 Å². The van der Waals surface area contributed by atoms with E-state index in [1.165, 1.54) is 4.57 Å². The highest BCUT2D eigenvalue weighted by atomic mass is 16.4. The summed E-state index contributed by atoms with van der Waals surface area (Å²) in [4.78, 5) is 32.9. The molecule has 1 aliphatic rings. The molecule has 1 aromatic carbocycles. The van der Waals surface area contributed by atoms with Crippen LogP contribution in [0.15, 0.2) is 33.6 Å². The average molecular weight is 338 g/mol. The van der Waals surface area contributed by atoms with Crippen molar-refractivity contribution in [1.82, 2.24) is 14.5 Å². The quantitative estimate of drug-likeness (QED) is 0.775. The minimum atomic E-state index is -0.427. The number of amides is 1. The number of aryl methyl sites for hydroxylation is 1. The second-order valence-corrected chi connectivity index (χ2v) is 6.63. The molecule has 25 heavy (non-hydrogen) atoms. The zero-order valence-electron chi connectivity index (χ0n) is 14.2. The van der Waals surface area contributed by atoms with Crippen molar-refractivity contribution in [2.24, 2.45) is 7.05 Å². The minimum absolute atomic E-state index is 0.0740. The molecule has 0 saturated carbocycles. The van der Waals surface area contributed by atoms with Crippen LogP contribution in [-0.4, -0.2) is 20.4 Å². The van der Waals surface area contributed by atoms with Gasteiger partial charge in [-0.1, -0.05) is 13.8 Å². The molecule has 4 rings (SSSR count). The van der Waals surface area contributed by atoms with E-state index < -0.39 is 5.76 Å². The lowest BCUT2D eigenvalue weighted by Crippen LogP contribution is -2.24. The van der Waals surface area contributed by atoms with Crippen LogP contribution in [0.4, 0.5) is 5.69 Å². The summed E-state index contributed by atoms with van der Waals surface area (Å²) in [5.74, 6) is 0.252. The Morgan fingerprint density at radius 2 is 2.12 bits per heavy atom. The van der Waals surface area contributed by atoms with Gasteiger partial charge >= 0.3 is 5.76 Å². The fraction of sp³-hybridized carbons (Fsp3) is 0.333. The van der Waals surface area contributed by atoms with E-state index in [9.17, 15) is 9.59 Å². The molecule has 0 spiro atoms. The van der Waals surface area contributed by atoms with Gasteiger partial charge < -0.3 is 9.73 Å². The second-order valence-electron chi connectivity index (χ2n) is 6.63. The van der Waals surface area contributed by atoms with Crippen molar-refractivity contribution in [3.05, 3.63) is 52.0 Å². The standard InChI is InChI=1S/C18H18N4O3/c1-9(2)17-19-5-4-12(21-17)11-7-16(23)20-13-8-14-15(6-10(11)13)25-18(24)22(14)3/h4-6,8-9,11H,7H2,1-3H3,(H,20,23)/t11-/m1/s1. The summed E-state index contributed by atoms with van der Waals surface area (Å²) in [5, 5.41) is 2.89. The van der Waals surface area contributed by atoms with Crippen molar-refractivity contribution in [3.8, 4) is 0 Å². The van der Waals surface area contributed by atoms with Crippen LogP contribution in [-0.2, 0) is 11.8 Å². The SMILES string of the molecule is CC(C)c1nccc([C@@H]2CC(=O)Nc3cc4c(cc32)oc(=O)n4C)n1. The van der Waals surface area contributed by atoms with Crippen LogP contribution in [0.1, 0.15) is 49.2 Å². The van der Waals surface area contributed by atoms with Crippen molar-refractivity contribution < 1.29 is 9.21 Å². The molecule has 1 atom stereocenters. The van der Waals surface area contributed by atoms with E-state index in [4.69, 9.17) is 4.42 Å². The first-order valence-electron chi connectivity index (χ1n) is 8.20. The molecule has 7 nitrogen and oxygen atoms in total. The smallest absolute Gasteiger partial charge is 0.408 e. The van der Waals surface area contributed by atoms with Crippen LogP contribution in [0.5, 0.6) is 0 Å². The summed E-state index contributed by atoms with van der Waals surface area (Å²) in [5.41, 5.74) is 3.54. The van der Waals surface area contributed by atoms with E-state index in [1.807, 2.05) is 26.0 Å². The number of anilines is 1. The van der Waals surface area contributed by atoms with Gasteiger partial charge in [0, 0.05) is 37.2 Å². The summed E-state index contributed by atoms with van der Waals surface area (Å²) < 4.78 is 6.72. The molecule has 0 aliphatic carbocycles. The number of carbonyl (C=O) groups is 1. The predicted octanol–water partition coefficient (Wildman–Crippen LogP) is 2.52. The number of nitrogens with one attached hydrogen (secondary N) is 1. The van der Waals surface area contributed by atoms with E-state index in [-0.39, 0.29) is 17.7 Å². The molecule has 0 fully saturated rings. The van der Waals surface area contributed by atoms with Crippen LogP contribution in [0, 0.1) is 0 Å². The van der Waals surface area contributed by atoms with E-state index in [0.29, 0.717) is 23.2 Å². The van der Waals surface area contributed by atoms with E-state index in [0.717, 1.165) is 17.1 Å². The largest absolute Gasteiger partial charge is 0.419 e. The topological polar surface area (TPSA) is 90.0 Å². The number of benzene rings is 1. The van der Waals surface area contributed by atoms with E-state index in [2.05, 4.69) is 15.3 Å². The molecule has 1 amide bonds. The monoisotopic (exact) mass is 338 g/mol. The molecule has 3 heterocycles. The summed E-state index contributed by atoms with van der Waals surface area (Å²) >= 11 is 0. The summed E-state index contributed by atoms with van der Waals surface area (Å²) in [7, 11) is 1.64. The summed E-state index contributed by atoms with van der Waals surface area (Å²) in [6.45, 7) is 4.06. The zero-order chi connectivity index (χ0) is 17.7. The lowest BCUT2D eigenvalue weighted by atomic mass is 9.87. The fourth-order valence-corrected chi connectivity index (χ4v) is 3.21. The van der Waals surface area contributed by atoms with Gasteiger partial charge in [0.2, 0.25) is 5.91 Å². The Morgan fingerprint density at radius 1 is 1.32 bits per heavy atom. The van der Waals surface area contributed by atoms with Crippen molar-refractivity contribution in [2.75, 3.05) is 5.32 Å². The Labute approximate surface area is 143 Å². The molecule has 0 unspecified atom stereocenters. The first kappa shape index (κ1) is 15.6. The number of oxazole rings is 1. The molecule has 0 radical (unpaired) electrons. The van der Waals surface area contributed by atoms with Gasteiger partial charge in [0.25, 0.3) is 0 Å². The van der Waals surface area contributed by atoms with E-state index >= 15 is 0 Å². The molecule has 1 aliphatic heterocycles. The predicted molar refractivity (Wildman–Crippen MR) is 92.7 cm³/mol. The average Bonchev–Trinajstić information content (AvgIpc) is 2.86. The minimum Gasteiger partial charge on any atom is -0.408 e. The number of carbonyl (C=O) groups excluding carboxylic acids is 1. The Bertz CT molecular complexity index is 1050. The Hall–Kier alpha value is -2.96. The molecular formula is C18H18N4O3. The number of hydrogen-bond acceptors (Lipinski definition) is 5. The number of rotatable bonds is 2. The highest BCUT2D eigenvalue weighted by Gasteiger charge is 2.29. The van der Waals surface area contributed by atoms with Gasteiger partial charge in [0.15, 0.2) is 5.58 Å².